The molecule has 1 nitrogen and oxygen atoms in total. The molecule has 0 bridgehead atoms. The lowest BCUT2D eigenvalue weighted by atomic mass is 9.84. The molecule has 1 aromatic carbocycles. The zero-order valence-electron chi connectivity index (χ0n) is 21.8. The van der Waals surface area contributed by atoms with E-state index in [1.165, 1.54) is 73.6 Å². The number of fused-ring (bicyclic) bond motifs is 1. The van der Waals surface area contributed by atoms with E-state index in [-0.39, 0.29) is 5.60 Å². The van der Waals surface area contributed by atoms with Gasteiger partial charge in [-0.05, 0) is 93.4 Å². The molecule has 31 heavy (non-hydrogen) atoms. The van der Waals surface area contributed by atoms with Crippen molar-refractivity contribution >= 4 is 11.6 Å². The fourth-order valence-corrected chi connectivity index (χ4v) is 5.51. The Balaban J connectivity index is 1.74. The summed E-state index contributed by atoms with van der Waals surface area (Å²) in [4.78, 5) is 0. The van der Waals surface area contributed by atoms with Crippen LogP contribution in [0.2, 0.25) is 5.02 Å². The van der Waals surface area contributed by atoms with Crippen LogP contribution >= 0.6 is 11.6 Å². The number of hydrogen-bond donors (Lipinski definition) is 0. The van der Waals surface area contributed by atoms with Crippen molar-refractivity contribution in [2.75, 3.05) is 0 Å². The Morgan fingerprint density at radius 3 is 1.94 bits per heavy atom. The van der Waals surface area contributed by atoms with Crippen molar-refractivity contribution in [1.82, 2.24) is 0 Å². The normalized spacial score (nSPS) is 20.5. The third-order valence-electron chi connectivity index (χ3n) is 7.82. The maximum absolute atomic E-state index is 6.66. The van der Waals surface area contributed by atoms with Gasteiger partial charge in [-0.1, -0.05) is 84.2 Å². The maximum Gasteiger partial charge on any atom is 0.126 e. The van der Waals surface area contributed by atoms with Gasteiger partial charge in [-0.25, -0.2) is 0 Å². The van der Waals surface area contributed by atoms with Gasteiger partial charge in [0.25, 0.3) is 0 Å². The standard InChI is InChI=1S/C29H49ClO/c1-20(2)12-9-13-21(3)14-10-15-22(4)16-11-18-29(8)19-17-26-25(7)27(30)23(5)24(6)28(26)31-29/h20-22H,9-19H2,1-8H3. The lowest BCUT2D eigenvalue weighted by Gasteiger charge is -2.38. The fraction of sp³-hybridized carbons (Fsp3) is 0.793. The highest BCUT2D eigenvalue weighted by Gasteiger charge is 2.34. The number of ether oxygens (including phenoxy) is 1. The minimum atomic E-state index is -0.0326. The molecular formula is C29H49ClO. The summed E-state index contributed by atoms with van der Waals surface area (Å²) in [5, 5.41) is 0.923. The van der Waals surface area contributed by atoms with Crippen molar-refractivity contribution in [2.45, 2.75) is 132 Å². The van der Waals surface area contributed by atoms with Crippen LogP contribution in [0.15, 0.2) is 0 Å². The maximum atomic E-state index is 6.66. The van der Waals surface area contributed by atoms with Gasteiger partial charge in [-0.15, -0.1) is 0 Å². The van der Waals surface area contributed by atoms with E-state index in [9.17, 15) is 0 Å². The molecule has 1 aliphatic rings. The SMILES string of the molecule is Cc1c(C)c2c(c(C)c1Cl)CCC(C)(CCCC(C)CCCC(C)CCCC(C)C)O2. The fourth-order valence-electron chi connectivity index (χ4n) is 5.25. The lowest BCUT2D eigenvalue weighted by molar-refractivity contribution is 0.0513. The van der Waals surface area contributed by atoms with Crippen LogP contribution in [0.3, 0.4) is 0 Å². The van der Waals surface area contributed by atoms with E-state index in [1.807, 2.05) is 0 Å². The van der Waals surface area contributed by atoms with Crippen LogP contribution in [0.1, 0.15) is 121 Å². The van der Waals surface area contributed by atoms with Crippen LogP contribution in [0.25, 0.3) is 0 Å². The van der Waals surface area contributed by atoms with Crippen LogP contribution in [0, 0.1) is 38.5 Å². The van der Waals surface area contributed by atoms with Crippen molar-refractivity contribution in [3.05, 3.63) is 27.3 Å². The second-order valence-corrected chi connectivity index (χ2v) is 11.8. The smallest absolute Gasteiger partial charge is 0.126 e. The Kier molecular flexibility index (Phi) is 10.3. The Morgan fingerprint density at radius 2 is 1.35 bits per heavy atom. The molecule has 0 saturated heterocycles. The summed E-state index contributed by atoms with van der Waals surface area (Å²) in [6.45, 7) is 18.3. The average molecular weight is 449 g/mol. The Labute approximate surface area is 198 Å². The molecule has 3 atom stereocenters. The molecule has 0 aliphatic carbocycles. The van der Waals surface area contributed by atoms with E-state index in [2.05, 4.69) is 55.4 Å². The van der Waals surface area contributed by atoms with E-state index < -0.39 is 0 Å². The van der Waals surface area contributed by atoms with Crippen LogP contribution in [-0.2, 0) is 6.42 Å². The number of benzene rings is 1. The van der Waals surface area contributed by atoms with Crippen LogP contribution in [0.4, 0.5) is 0 Å². The summed E-state index contributed by atoms with van der Waals surface area (Å²) >= 11 is 6.55. The summed E-state index contributed by atoms with van der Waals surface area (Å²) in [7, 11) is 0. The van der Waals surface area contributed by atoms with Gasteiger partial charge in [-0.3, -0.25) is 0 Å². The quantitative estimate of drug-likeness (QED) is 0.309. The van der Waals surface area contributed by atoms with Gasteiger partial charge in [0, 0.05) is 5.02 Å². The van der Waals surface area contributed by atoms with Crippen molar-refractivity contribution in [1.29, 1.82) is 0 Å². The van der Waals surface area contributed by atoms with E-state index >= 15 is 0 Å². The van der Waals surface area contributed by atoms with Crippen molar-refractivity contribution in [2.24, 2.45) is 17.8 Å². The second-order valence-electron chi connectivity index (χ2n) is 11.4. The van der Waals surface area contributed by atoms with Gasteiger partial charge in [0.15, 0.2) is 0 Å². The van der Waals surface area contributed by atoms with E-state index in [4.69, 9.17) is 16.3 Å². The summed E-state index contributed by atoms with van der Waals surface area (Å²) in [5.74, 6) is 3.69. The predicted octanol–water partition coefficient (Wildman–Crippen LogP) is 9.79. The van der Waals surface area contributed by atoms with Crippen molar-refractivity contribution < 1.29 is 4.74 Å². The third kappa shape index (κ3) is 7.69. The lowest BCUT2D eigenvalue weighted by Crippen LogP contribution is -2.37. The van der Waals surface area contributed by atoms with Crippen molar-refractivity contribution in [3.8, 4) is 5.75 Å². The molecule has 0 saturated carbocycles. The molecule has 2 rings (SSSR count). The minimum absolute atomic E-state index is 0.0326. The molecule has 2 heteroatoms. The number of halogens is 1. The summed E-state index contributed by atoms with van der Waals surface area (Å²) in [6, 6.07) is 0. The highest BCUT2D eigenvalue weighted by atomic mass is 35.5. The van der Waals surface area contributed by atoms with Crippen molar-refractivity contribution in [3.63, 3.8) is 0 Å². The first kappa shape index (κ1) is 26.6. The topological polar surface area (TPSA) is 9.23 Å². The summed E-state index contributed by atoms with van der Waals surface area (Å²) < 4.78 is 6.66. The second kappa shape index (κ2) is 12.0. The van der Waals surface area contributed by atoms with E-state index in [0.717, 1.165) is 47.8 Å². The van der Waals surface area contributed by atoms with E-state index in [0.29, 0.717) is 0 Å². The van der Waals surface area contributed by atoms with Gasteiger partial charge in [0.1, 0.15) is 11.4 Å². The summed E-state index contributed by atoms with van der Waals surface area (Å²) in [5.41, 5.74) is 4.92. The minimum Gasteiger partial charge on any atom is -0.487 e. The Bertz CT molecular complexity index is 707. The van der Waals surface area contributed by atoms with Crippen LogP contribution in [0.5, 0.6) is 5.75 Å². The molecule has 1 aromatic rings. The predicted molar refractivity (Wildman–Crippen MR) is 138 cm³/mol. The average Bonchev–Trinajstić information content (AvgIpc) is 2.70. The highest BCUT2D eigenvalue weighted by Crippen LogP contribution is 2.43. The number of rotatable bonds is 12. The molecule has 3 unspecified atom stereocenters. The molecule has 0 amide bonds. The Hall–Kier alpha value is -0.690. The highest BCUT2D eigenvalue weighted by molar-refractivity contribution is 6.32. The zero-order valence-corrected chi connectivity index (χ0v) is 22.6. The molecule has 1 heterocycles. The third-order valence-corrected chi connectivity index (χ3v) is 8.38. The first-order valence-electron chi connectivity index (χ1n) is 13.0. The molecule has 178 valence electrons. The molecule has 0 fully saturated rings. The largest absolute Gasteiger partial charge is 0.487 e. The van der Waals surface area contributed by atoms with Crippen LogP contribution in [-0.4, -0.2) is 5.60 Å². The zero-order chi connectivity index (χ0) is 23.2. The van der Waals surface area contributed by atoms with Gasteiger partial charge in [0.2, 0.25) is 0 Å². The monoisotopic (exact) mass is 448 g/mol. The summed E-state index contributed by atoms with van der Waals surface area (Å²) in [6.07, 6.45) is 14.3. The van der Waals surface area contributed by atoms with E-state index in [1.54, 1.807) is 0 Å². The molecule has 0 aromatic heterocycles. The molecule has 0 radical (unpaired) electrons. The first-order valence-corrected chi connectivity index (χ1v) is 13.4. The molecule has 1 aliphatic heterocycles. The van der Waals surface area contributed by atoms with Crippen LogP contribution < -0.4 is 4.74 Å². The molecule has 0 N–H and O–H groups in total. The Morgan fingerprint density at radius 1 is 0.806 bits per heavy atom. The van der Waals surface area contributed by atoms with Gasteiger partial charge >= 0.3 is 0 Å². The molecule has 0 spiro atoms. The van der Waals surface area contributed by atoms with Gasteiger partial charge < -0.3 is 4.74 Å². The first-order chi connectivity index (χ1) is 14.5. The van der Waals surface area contributed by atoms with Gasteiger partial charge in [-0.2, -0.15) is 0 Å². The molecular weight excluding hydrogens is 400 g/mol. The van der Waals surface area contributed by atoms with Gasteiger partial charge in [0.05, 0.1) is 0 Å². The number of hydrogen-bond acceptors (Lipinski definition) is 1.